The molecule has 3 heterocycles. The first kappa shape index (κ1) is 5.41. The zero-order chi connectivity index (χ0) is 5.65. The number of hydrogen-bond acceptors (Lipinski definition) is 3. The van der Waals surface area contributed by atoms with Crippen molar-refractivity contribution in [2.75, 3.05) is 12.5 Å². The van der Waals surface area contributed by atoms with Gasteiger partial charge in [-0.3, -0.25) is 0 Å². The van der Waals surface area contributed by atoms with Crippen LogP contribution >= 0.6 is 32.4 Å². The smallest absolute Gasteiger partial charge is 0.155 e. The minimum absolute atomic E-state index is 0.625. The summed E-state index contributed by atoms with van der Waals surface area (Å²) in [6.45, 7) is 0. The molecule has 48 valence electrons. The second-order valence-electron chi connectivity index (χ2n) is 2.23. The van der Waals surface area contributed by atoms with Crippen molar-refractivity contribution in [3.05, 3.63) is 0 Å². The van der Waals surface area contributed by atoms with Gasteiger partial charge >= 0.3 is 0 Å². The molecule has 0 radical (unpaired) electrons. The van der Waals surface area contributed by atoms with Crippen molar-refractivity contribution in [3.63, 3.8) is 0 Å². The van der Waals surface area contributed by atoms with E-state index >= 15 is 0 Å². The van der Waals surface area contributed by atoms with E-state index in [1.165, 1.54) is 0 Å². The van der Waals surface area contributed by atoms with Gasteiger partial charge in [0.15, 0.2) is 2.74 Å². The van der Waals surface area contributed by atoms with Crippen LogP contribution in [0.3, 0.4) is 0 Å². The predicted molar refractivity (Wildman–Crippen MR) is 52.1 cm³/mol. The Morgan fingerprint density at radius 2 is 1.62 bits per heavy atom. The average molecular weight is 202 g/mol. The van der Waals surface area contributed by atoms with Crippen LogP contribution in [-0.4, -0.2) is 15.3 Å². The molecule has 3 aliphatic rings. The first-order chi connectivity index (χ1) is 3.65. The van der Waals surface area contributed by atoms with Crippen molar-refractivity contribution in [2.24, 2.45) is 0 Å². The van der Waals surface area contributed by atoms with Crippen molar-refractivity contribution >= 4 is 46.7 Å². The fraction of sp³-hybridized carbons (Fsp3) is 1.00. The molecular formula is C3H6S5. The average Bonchev–Trinajstić information content (AvgIpc) is 2.02. The summed E-state index contributed by atoms with van der Waals surface area (Å²) >= 11 is 0. The van der Waals surface area contributed by atoms with Gasteiger partial charge in [0.1, 0.15) is 0 Å². The van der Waals surface area contributed by atoms with Gasteiger partial charge in [-0.25, -0.2) is 0 Å². The largest absolute Gasteiger partial charge is 0.192 e. The van der Waals surface area contributed by atoms with Crippen LogP contribution in [0.5, 0.6) is 0 Å². The van der Waals surface area contributed by atoms with Crippen molar-refractivity contribution in [3.8, 4) is 0 Å². The lowest BCUT2D eigenvalue weighted by atomic mass is 11.8. The zero-order valence-electron chi connectivity index (χ0n) is 4.54. The molecule has 0 aromatic heterocycles. The highest BCUT2D eigenvalue weighted by Crippen LogP contribution is 3.28. The van der Waals surface area contributed by atoms with E-state index in [0.29, 0.717) is 0 Å². The highest BCUT2D eigenvalue weighted by Gasteiger charge is 3.08. The van der Waals surface area contributed by atoms with Gasteiger partial charge in [0.2, 0.25) is 0 Å². The van der Waals surface area contributed by atoms with E-state index in [9.17, 15) is 0 Å². The summed E-state index contributed by atoms with van der Waals surface area (Å²) in [5.41, 5.74) is 0. The van der Waals surface area contributed by atoms with Gasteiger partial charge in [-0.15, -0.1) is 0 Å². The summed E-state index contributed by atoms with van der Waals surface area (Å²) < 4.78 is 0.851. The molecule has 8 heavy (non-hydrogen) atoms. The summed E-state index contributed by atoms with van der Waals surface area (Å²) in [6, 6.07) is 0. The van der Waals surface area contributed by atoms with E-state index in [4.69, 9.17) is 0 Å². The molecule has 0 nitrogen and oxygen atoms in total. The van der Waals surface area contributed by atoms with Crippen LogP contribution in [0.15, 0.2) is 0 Å². The summed E-state index contributed by atoms with van der Waals surface area (Å²) in [7, 11) is 7.65. The fourth-order valence-electron chi connectivity index (χ4n) is 0.904. The molecule has 0 unspecified atom stereocenters. The molecule has 3 aliphatic heterocycles. The minimum atomic E-state index is -0.625. The van der Waals surface area contributed by atoms with Gasteiger partial charge in [-0.2, -0.15) is 9.45 Å². The van der Waals surface area contributed by atoms with Crippen LogP contribution in [0.25, 0.3) is 0 Å². The predicted octanol–water partition coefficient (Wildman–Crippen LogP) is 2.07. The monoisotopic (exact) mass is 202 g/mol. The number of rotatable bonds is 0. The summed E-state index contributed by atoms with van der Waals surface area (Å²) in [6.07, 6.45) is 4.83. The van der Waals surface area contributed by atoms with E-state index in [-0.39, 0.29) is 0 Å². The Balaban J connectivity index is 2.47. The van der Waals surface area contributed by atoms with Crippen LogP contribution in [0.1, 0.15) is 0 Å². The highest BCUT2D eigenvalue weighted by atomic mass is 34.1. The van der Waals surface area contributed by atoms with Crippen LogP contribution in [0.4, 0.5) is 0 Å². The maximum atomic E-state index is 2.41. The topological polar surface area (TPSA) is 0 Å². The highest BCUT2D eigenvalue weighted by molar-refractivity contribution is 9.85. The van der Waals surface area contributed by atoms with E-state index in [2.05, 4.69) is 44.9 Å². The summed E-state index contributed by atoms with van der Waals surface area (Å²) in [4.78, 5) is -0.625. The van der Waals surface area contributed by atoms with Crippen molar-refractivity contribution in [2.45, 2.75) is 2.74 Å². The second-order valence-corrected chi connectivity index (χ2v) is 25.0. The maximum absolute atomic E-state index is 2.41. The molecule has 0 aliphatic carbocycles. The Bertz CT molecular complexity index is 240. The van der Waals surface area contributed by atoms with Gasteiger partial charge in [0.05, 0.1) is 0 Å². The maximum Gasteiger partial charge on any atom is 0.192 e. The normalized spacial score (nSPS) is 62.1. The molecule has 0 aromatic carbocycles. The van der Waals surface area contributed by atoms with E-state index < -0.39 is 4.82 Å². The lowest BCUT2D eigenvalue weighted by molar-refractivity contribution is 2.14. The van der Waals surface area contributed by atoms with Crippen molar-refractivity contribution in [1.82, 2.24) is 0 Å². The quantitative estimate of drug-likeness (QED) is 0.436. The van der Waals surface area contributed by atoms with E-state index in [1.807, 2.05) is 0 Å². The molecule has 3 rings (SSSR count). The molecule has 0 spiro atoms. The lowest BCUT2D eigenvalue weighted by Crippen LogP contribution is -1.91. The Morgan fingerprint density at radius 1 is 1.25 bits per heavy atom. The zero-order valence-corrected chi connectivity index (χ0v) is 8.62. The Kier molecular flexibility index (Phi) is 0.630. The summed E-state index contributed by atoms with van der Waals surface area (Å²) in [5, 5.41) is 0. The van der Waals surface area contributed by atoms with Gasteiger partial charge < -0.3 is 0 Å². The van der Waals surface area contributed by atoms with Crippen LogP contribution in [0, 0.1) is 0 Å². The molecule has 0 bridgehead atoms. The van der Waals surface area contributed by atoms with E-state index in [1.54, 1.807) is 0 Å². The molecule has 0 aromatic rings. The molecular weight excluding hydrogens is 196 g/mol. The van der Waals surface area contributed by atoms with Gasteiger partial charge in [-0.05, 0) is 44.9 Å². The fourth-order valence-corrected chi connectivity index (χ4v) is 40.2. The van der Waals surface area contributed by atoms with Gasteiger partial charge in [-0.1, -0.05) is 4.82 Å². The standard InChI is InChI=1S/C3H6S5/c1-7(2)8-3(4-8,5-8)6-8/h1-2H3. The third-order valence-electron chi connectivity index (χ3n) is 1.64. The molecule has 3 fully saturated rings. The van der Waals surface area contributed by atoms with Gasteiger partial charge in [0.25, 0.3) is 0 Å². The minimum Gasteiger partial charge on any atom is -0.155 e. The first-order valence-electron chi connectivity index (χ1n) is 2.30. The second kappa shape index (κ2) is 0.932. The SMILES string of the molecule is CS(C)=S123SC1(S2)S3. The van der Waals surface area contributed by atoms with Crippen molar-refractivity contribution in [1.29, 1.82) is 0 Å². The third-order valence-corrected chi connectivity index (χ3v) is 36.8. The molecule has 3 saturated heterocycles. The van der Waals surface area contributed by atoms with E-state index in [0.717, 1.165) is 12.2 Å². The molecule has 0 amide bonds. The molecule has 5 heteroatoms. The lowest BCUT2D eigenvalue weighted by Gasteiger charge is -2.15. The molecule has 0 saturated carbocycles. The number of hydrogen-bond donors (Lipinski definition) is 0. The Labute approximate surface area is 61.6 Å². The molecule has 0 atom stereocenters. The first-order valence-corrected chi connectivity index (χ1v) is 10.9. The van der Waals surface area contributed by atoms with Crippen LogP contribution in [0.2, 0.25) is 0 Å². The Hall–Kier alpha value is 1.75. The van der Waals surface area contributed by atoms with Crippen LogP contribution < -0.4 is 0 Å². The van der Waals surface area contributed by atoms with Crippen molar-refractivity contribution < 1.29 is 0 Å². The molecule has 0 N–H and O–H groups in total. The van der Waals surface area contributed by atoms with Crippen LogP contribution in [-0.2, 0) is 14.3 Å². The third kappa shape index (κ3) is 0.261. The van der Waals surface area contributed by atoms with Gasteiger partial charge in [0, 0.05) is 0 Å². The summed E-state index contributed by atoms with van der Waals surface area (Å²) in [5.74, 6) is 0. The Morgan fingerprint density at radius 3 is 1.62 bits per heavy atom.